The number of carbonyl (C=O) groups is 1. The molecule has 1 aromatic carbocycles. The quantitative estimate of drug-likeness (QED) is 0.806. The third-order valence-corrected chi connectivity index (χ3v) is 2.91. The first-order valence-corrected chi connectivity index (χ1v) is 5.94. The summed E-state index contributed by atoms with van der Waals surface area (Å²) in [4.78, 5) is 15.0. The summed E-state index contributed by atoms with van der Waals surface area (Å²) in [6, 6.07) is 5.94. The Morgan fingerprint density at radius 3 is 2.67 bits per heavy atom. The molecule has 0 radical (unpaired) electrons. The molecule has 1 atom stereocenters. The SMILES string of the molecule is CN(C)C(=O)N1CC[C@H](Oc2ccc(F)cc2)C1. The van der Waals surface area contributed by atoms with E-state index in [1.165, 1.54) is 12.1 Å². The van der Waals surface area contributed by atoms with Crippen LogP contribution < -0.4 is 4.74 Å². The number of nitrogens with zero attached hydrogens (tertiary/aromatic N) is 2. The van der Waals surface area contributed by atoms with Crippen LogP contribution in [0.3, 0.4) is 0 Å². The van der Waals surface area contributed by atoms with Crippen molar-refractivity contribution in [3.8, 4) is 5.75 Å². The molecular formula is C13H17FN2O2. The van der Waals surface area contributed by atoms with E-state index >= 15 is 0 Å². The van der Waals surface area contributed by atoms with E-state index in [1.807, 2.05) is 0 Å². The minimum absolute atomic E-state index is 0.000191. The fraction of sp³-hybridized carbons (Fsp3) is 0.462. The number of urea groups is 1. The zero-order valence-corrected chi connectivity index (χ0v) is 10.6. The number of carbonyl (C=O) groups excluding carboxylic acids is 1. The van der Waals surface area contributed by atoms with E-state index in [1.54, 1.807) is 36.0 Å². The van der Waals surface area contributed by atoms with Gasteiger partial charge < -0.3 is 14.5 Å². The Hall–Kier alpha value is -1.78. The zero-order valence-electron chi connectivity index (χ0n) is 10.6. The van der Waals surface area contributed by atoms with E-state index in [9.17, 15) is 9.18 Å². The van der Waals surface area contributed by atoms with Gasteiger partial charge in [-0.1, -0.05) is 0 Å². The van der Waals surface area contributed by atoms with Crippen molar-refractivity contribution in [2.75, 3.05) is 27.2 Å². The van der Waals surface area contributed by atoms with Crippen LogP contribution in [0.2, 0.25) is 0 Å². The first kappa shape index (κ1) is 12.7. The summed E-state index contributed by atoms with van der Waals surface area (Å²) in [5.41, 5.74) is 0. The number of benzene rings is 1. The van der Waals surface area contributed by atoms with Crippen LogP contribution in [-0.4, -0.2) is 49.1 Å². The van der Waals surface area contributed by atoms with Gasteiger partial charge in [-0.3, -0.25) is 0 Å². The second-order valence-corrected chi connectivity index (χ2v) is 4.61. The summed E-state index contributed by atoms with van der Waals surface area (Å²) in [5.74, 6) is 0.360. The minimum atomic E-state index is -0.279. The fourth-order valence-corrected chi connectivity index (χ4v) is 1.99. The average molecular weight is 252 g/mol. The number of ether oxygens (including phenoxy) is 1. The van der Waals surface area contributed by atoms with Crippen molar-refractivity contribution in [1.29, 1.82) is 0 Å². The van der Waals surface area contributed by atoms with Crippen LogP contribution in [0, 0.1) is 5.82 Å². The maximum absolute atomic E-state index is 12.7. The number of rotatable bonds is 2. The molecule has 1 saturated heterocycles. The molecule has 1 aliphatic rings. The summed E-state index contributed by atoms with van der Waals surface area (Å²) < 4.78 is 18.5. The zero-order chi connectivity index (χ0) is 13.1. The molecule has 0 aromatic heterocycles. The van der Waals surface area contributed by atoms with E-state index < -0.39 is 0 Å². The molecule has 18 heavy (non-hydrogen) atoms. The smallest absolute Gasteiger partial charge is 0.319 e. The van der Waals surface area contributed by atoms with Crippen molar-refractivity contribution in [2.24, 2.45) is 0 Å². The molecular weight excluding hydrogens is 235 g/mol. The van der Waals surface area contributed by atoms with Gasteiger partial charge in [0, 0.05) is 27.1 Å². The molecule has 4 nitrogen and oxygen atoms in total. The Balaban J connectivity index is 1.90. The Morgan fingerprint density at radius 1 is 1.39 bits per heavy atom. The second-order valence-electron chi connectivity index (χ2n) is 4.61. The third kappa shape index (κ3) is 2.91. The van der Waals surface area contributed by atoms with Crippen LogP contribution in [0.1, 0.15) is 6.42 Å². The molecule has 1 aromatic rings. The summed E-state index contributed by atoms with van der Waals surface area (Å²) in [6.07, 6.45) is 0.788. The van der Waals surface area contributed by atoms with Gasteiger partial charge in [0.05, 0.1) is 6.54 Å². The molecule has 0 N–H and O–H groups in total. The monoisotopic (exact) mass is 252 g/mol. The highest BCUT2D eigenvalue weighted by molar-refractivity contribution is 5.74. The molecule has 0 saturated carbocycles. The Labute approximate surface area is 106 Å². The highest BCUT2D eigenvalue weighted by Crippen LogP contribution is 2.19. The van der Waals surface area contributed by atoms with Gasteiger partial charge >= 0.3 is 6.03 Å². The van der Waals surface area contributed by atoms with Crippen LogP contribution in [0.4, 0.5) is 9.18 Å². The van der Waals surface area contributed by atoms with Crippen LogP contribution in [0.15, 0.2) is 24.3 Å². The van der Waals surface area contributed by atoms with Gasteiger partial charge in [0.15, 0.2) is 0 Å². The molecule has 2 rings (SSSR count). The van der Waals surface area contributed by atoms with E-state index in [4.69, 9.17) is 4.74 Å². The van der Waals surface area contributed by atoms with E-state index in [0.29, 0.717) is 18.8 Å². The van der Waals surface area contributed by atoms with Crippen molar-refractivity contribution >= 4 is 6.03 Å². The lowest BCUT2D eigenvalue weighted by Crippen LogP contribution is -2.38. The Kier molecular flexibility index (Phi) is 3.69. The lowest BCUT2D eigenvalue weighted by atomic mass is 10.3. The molecule has 0 spiro atoms. The maximum Gasteiger partial charge on any atom is 0.319 e. The lowest BCUT2D eigenvalue weighted by Gasteiger charge is -2.21. The van der Waals surface area contributed by atoms with Crippen LogP contribution >= 0.6 is 0 Å². The summed E-state index contributed by atoms with van der Waals surface area (Å²) in [5, 5.41) is 0. The molecule has 1 heterocycles. The van der Waals surface area contributed by atoms with Gasteiger partial charge in [0.25, 0.3) is 0 Å². The molecule has 0 bridgehead atoms. The minimum Gasteiger partial charge on any atom is -0.489 e. The van der Waals surface area contributed by atoms with Gasteiger partial charge in [-0.2, -0.15) is 0 Å². The van der Waals surface area contributed by atoms with Crippen molar-refractivity contribution < 1.29 is 13.9 Å². The van der Waals surface area contributed by atoms with Gasteiger partial charge in [0.1, 0.15) is 17.7 Å². The van der Waals surface area contributed by atoms with Crippen molar-refractivity contribution in [2.45, 2.75) is 12.5 Å². The first-order chi connectivity index (χ1) is 8.56. The number of halogens is 1. The highest BCUT2D eigenvalue weighted by atomic mass is 19.1. The number of hydrogen-bond acceptors (Lipinski definition) is 2. The molecule has 5 heteroatoms. The molecule has 1 aliphatic heterocycles. The van der Waals surface area contributed by atoms with E-state index in [2.05, 4.69) is 0 Å². The molecule has 98 valence electrons. The van der Waals surface area contributed by atoms with Crippen molar-refractivity contribution in [3.05, 3.63) is 30.1 Å². The second kappa shape index (κ2) is 5.25. The first-order valence-electron chi connectivity index (χ1n) is 5.94. The number of likely N-dealkylation sites (tertiary alicyclic amines) is 1. The average Bonchev–Trinajstić information content (AvgIpc) is 2.79. The van der Waals surface area contributed by atoms with E-state index in [0.717, 1.165) is 6.42 Å². The Morgan fingerprint density at radius 2 is 2.06 bits per heavy atom. The normalized spacial score (nSPS) is 18.8. The standard InChI is InChI=1S/C13H17FN2O2/c1-15(2)13(17)16-8-7-12(9-16)18-11-5-3-10(14)4-6-11/h3-6,12H,7-9H2,1-2H3/t12-/m0/s1. The van der Waals surface area contributed by atoms with Gasteiger partial charge in [-0.05, 0) is 24.3 Å². The van der Waals surface area contributed by atoms with Gasteiger partial charge in [0.2, 0.25) is 0 Å². The Bertz CT molecular complexity index is 420. The lowest BCUT2D eigenvalue weighted by molar-refractivity contribution is 0.167. The predicted molar refractivity (Wildman–Crippen MR) is 66.1 cm³/mol. The highest BCUT2D eigenvalue weighted by Gasteiger charge is 2.28. The van der Waals surface area contributed by atoms with Crippen LogP contribution in [0.25, 0.3) is 0 Å². The van der Waals surface area contributed by atoms with Crippen LogP contribution in [0.5, 0.6) is 5.75 Å². The summed E-state index contributed by atoms with van der Waals surface area (Å²) in [7, 11) is 3.47. The fourth-order valence-electron chi connectivity index (χ4n) is 1.99. The number of amides is 2. The van der Waals surface area contributed by atoms with Crippen molar-refractivity contribution in [1.82, 2.24) is 9.80 Å². The molecule has 0 aliphatic carbocycles. The van der Waals surface area contributed by atoms with Gasteiger partial charge in [-0.25, -0.2) is 9.18 Å². The third-order valence-electron chi connectivity index (χ3n) is 2.91. The maximum atomic E-state index is 12.7. The summed E-state index contributed by atoms with van der Waals surface area (Å²) in [6.45, 7) is 1.28. The van der Waals surface area contributed by atoms with E-state index in [-0.39, 0.29) is 18.0 Å². The largest absolute Gasteiger partial charge is 0.489 e. The van der Waals surface area contributed by atoms with Gasteiger partial charge in [-0.15, -0.1) is 0 Å². The molecule has 1 fully saturated rings. The van der Waals surface area contributed by atoms with Crippen molar-refractivity contribution in [3.63, 3.8) is 0 Å². The molecule has 2 amide bonds. The summed E-state index contributed by atoms with van der Waals surface area (Å²) >= 11 is 0. The van der Waals surface area contributed by atoms with Crippen LogP contribution in [-0.2, 0) is 0 Å². The topological polar surface area (TPSA) is 32.8 Å². The molecule has 0 unspecified atom stereocenters. The number of hydrogen-bond donors (Lipinski definition) is 0. The predicted octanol–water partition coefficient (Wildman–Crippen LogP) is 1.96.